The molecule has 0 radical (unpaired) electrons. The maximum Gasteiger partial charge on any atom is 0.306 e. The molecule has 0 aliphatic carbocycles. The standard InChI is InChI=1S/C68H113NO8/c1-6-8-10-12-14-16-18-20-22-24-26-28-29-30-31-32-33-34-35-36-37-39-41-43-45-47-49-51-53-55-57-59-66(71)77-64(63-76-68(67(72)73)74-61-60-69(3,4)5)62-75-65(70)58-56-54-52-50-48-46-44-42-40-38-27-25-23-21-19-17-15-13-11-9-7-2/h8-11,14-17,20-23,26-28,30-31,38,42,44,64,68H,6-7,12-13,18-19,24-25,29,32-37,39-41,43,45-63H2,1-5H3/b10-8-,11-9-,16-14-,17-15-,22-20-,23-21-,28-26-,31-30-,38-27-,44-42-. The topological polar surface area (TPSA) is 111 Å². The summed E-state index contributed by atoms with van der Waals surface area (Å²) in [5.74, 6) is -2.32. The van der Waals surface area contributed by atoms with Crippen LogP contribution in [0.25, 0.3) is 0 Å². The molecule has 0 aliphatic rings. The zero-order chi connectivity index (χ0) is 56.2. The third-order valence-corrected chi connectivity index (χ3v) is 12.7. The number of rotatable bonds is 55. The number of ether oxygens (including phenoxy) is 4. The first-order chi connectivity index (χ1) is 37.6. The van der Waals surface area contributed by atoms with Gasteiger partial charge in [0.2, 0.25) is 0 Å². The lowest BCUT2D eigenvalue weighted by molar-refractivity contribution is -0.870. The average molecular weight is 1070 g/mol. The molecule has 0 aliphatic heterocycles. The van der Waals surface area contributed by atoms with Crippen LogP contribution in [0.2, 0.25) is 0 Å². The van der Waals surface area contributed by atoms with E-state index in [0.717, 1.165) is 116 Å². The van der Waals surface area contributed by atoms with Crippen molar-refractivity contribution in [3.05, 3.63) is 122 Å². The highest BCUT2D eigenvalue weighted by Gasteiger charge is 2.22. The largest absolute Gasteiger partial charge is 0.545 e. The fraction of sp³-hybridized carbons (Fsp3) is 0.662. The van der Waals surface area contributed by atoms with Crippen LogP contribution in [0, 0.1) is 0 Å². The fourth-order valence-electron chi connectivity index (χ4n) is 8.06. The second-order valence-corrected chi connectivity index (χ2v) is 21.2. The minimum atomic E-state index is -1.63. The van der Waals surface area contributed by atoms with Gasteiger partial charge in [0.15, 0.2) is 12.4 Å². The third-order valence-electron chi connectivity index (χ3n) is 12.7. The van der Waals surface area contributed by atoms with Crippen LogP contribution in [0.5, 0.6) is 0 Å². The molecule has 9 nitrogen and oxygen atoms in total. The van der Waals surface area contributed by atoms with E-state index >= 15 is 0 Å². The Morgan fingerprint density at radius 1 is 0.390 bits per heavy atom. The van der Waals surface area contributed by atoms with Crippen molar-refractivity contribution in [1.29, 1.82) is 0 Å². The molecule has 0 aromatic heterocycles. The van der Waals surface area contributed by atoms with Gasteiger partial charge in [0, 0.05) is 12.8 Å². The Balaban J connectivity index is 4.22. The Labute approximate surface area is 472 Å². The van der Waals surface area contributed by atoms with Gasteiger partial charge in [-0.25, -0.2) is 0 Å². The molecule has 0 spiro atoms. The van der Waals surface area contributed by atoms with Crippen molar-refractivity contribution in [2.24, 2.45) is 0 Å². The Morgan fingerprint density at radius 3 is 1.04 bits per heavy atom. The SMILES string of the molecule is CC/C=C\C/C=C\C/C=C\C/C=C\C/C=C\CCCCCCCCCCCCCCCCCC(=O)OC(COC(=O)CCCCCCC/C=C\C/C=C\C/C=C\C/C=C\C/C=C\CC)COC(OCC[N+](C)(C)C)C(=O)[O-]. The highest BCUT2D eigenvalue weighted by molar-refractivity contribution is 5.70. The molecule has 0 fully saturated rings. The molecule has 0 N–H and O–H groups in total. The molecule has 2 unspecified atom stereocenters. The molecular formula is C68H113NO8. The number of hydrogen-bond acceptors (Lipinski definition) is 8. The number of aliphatic carboxylic acids is 1. The number of nitrogens with zero attached hydrogens (tertiary/aromatic N) is 1. The van der Waals surface area contributed by atoms with E-state index in [9.17, 15) is 19.5 Å². The molecule has 0 bridgehead atoms. The monoisotopic (exact) mass is 1070 g/mol. The predicted molar refractivity (Wildman–Crippen MR) is 324 cm³/mol. The maximum absolute atomic E-state index is 12.9. The van der Waals surface area contributed by atoms with Crippen LogP contribution < -0.4 is 5.11 Å². The van der Waals surface area contributed by atoms with Gasteiger partial charge >= 0.3 is 11.9 Å². The van der Waals surface area contributed by atoms with Crippen molar-refractivity contribution >= 4 is 17.9 Å². The summed E-state index contributed by atoms with van der Waals surface area (Å²) in [7, 11) is 5.91. The minimum absolute atomic E-state index is 0.139. The summed E-state index contributed by atoms with van der Waals surface area (Å²) in [6.07, 6.45) is 78.2. The fourth-order valence-corrected chi connectivity index (χ4v) is 8.06. The lowest BCUT2D eigenvalue weighted by atomic mass is 10.0. The highest BCUT2D eigenvalue weighted by atomic mass is 16.7. The van der Waals surface area contributed by atoms with Crippen LogP contribution in [0.3, 0.4) is 0 Å². The molecular weight excluding hydrogens is 959 g/mol. The Morgan fingerprint density at radius 2 is 0.701 bits per heavy atom. The first kappa shape index (κ1) is 72.7. The molecule has 0 heterocycles. The average Bonchev–Trinajstić information content (AvgIpc) is 3.40. The molecule has 0 amide bonds. The van der Waals surface area contributed by atoms with Gasteiger partial charge in [0.25, 0.3) is 0 Å². The number of carboxylic acids is 1. The number of carbonyl (C=O) groups is 3. The molecule has 0 saturated carbocycles. The zero-order valence-corrected chi connectivity index (χ0v) is 49.8. The molecule has 77 heavy (non-hydrogen) atoms. The number of quaternary nitrogens is 1. The normalized spacial score (nSPS) is 13.6. The quantitative estimate of drug-likeness (QED) is 0.0195. The third kappa shape index (κ3) is 59.2. The van der Waals surface area contributed by atoms with Crippen molar-refractivity contribution in [3.63, 3.8) is 0 Å². The molecule has 438 valence electrons. The maximum atomic E-state index is 12.9. The summed E-state index contributed by atoms with van der Waals surface area (Å²) in [4.78, 5) is 37.4. The van der Waals surface area contributed by atoms with E-state index in [0.29, 0.717) is 23.9 Å². The van der Waals surface area contributed by atoms with Gasteiger partial charge in [-0.2, -0.15) is 0 Å². The van der Waals surface area contributed by atoms with E-state index in [1.807, 2.05) is 21.1 Å². The Hall–Kier alpha value is -4.31. The molecule has 2 atom stereocenters. The van der Waals surface area contributed by atoms with E-state index in [1.165, 1.54) is 77.0 Å². The summed E-state index contributed by atoms with van der Waals surface area (Å²) in [5, 5.41) is 11.8. The van der Waals surface area contributed by atoms with Gasteiger partial charge in [-0.05, 0) is 103 Å². The van der Waals surface area contributed by atoms with Crippen molar-refractivity contribution < 1.29 is 42.9 Å². The minimum Gasteiger partial charge on any atom is -0.545 e. The van der Waals surface area contributed by atoms with Crippen molar-refractivity contribution in [2.75, 3.05) is 47.5 Å². The van der Waals surface area contributed by atoms with E-state index in [4.69, 9.17) is 18.9 Å². The summed E-state index contributed by atoms with van der Waals surface area (Å²) >= 11 is 0. The lowest BCUT2D eigenvalue weighted by Gasteiger charge is -2.26. The van der Waals surface area contributed by atoms with Gasteiger partial charge in [-0.1, -0.05) is 238 Å². The molecule has 9 heteroatoms. The van der Waals surface area contributed by atoms with Crippen LogP contribution in [-0.4, -0.2) is 82.3 Å². The van der Waals surface area contributed by atoms with Crippen LogP contribution in [0.1, 0.15) is 232 Å². The van der Waals surface area contributed by atoms with E-state index in [-0.39, 0.29) is 38.6 Å². The number of likely N-dealkylation sites (N-methyl/N-ethyl adjacent to an activating group) is 1. The van der Waals surface area contributed by atoms with Crippen LogP contribution in [0.15, 0.2) is 122 Å². The molecule has 0 saturated heterocycles. The number of esters is 2. The van der Waals surface area contributed by atoms with Gasteiger partial charge in [-0.3, -0.25) is 9.59 Å². The second kappa shape index (κ2) is 57.9. The molecule has 0 rings (SSSR count). The predicted octanol–water partition coefficient (Wildman–Crippen LogP) is 17.1. The van der Waals surface area contributed by atoms with Crippen molar-refractivity contribution in [2.45, 2.75) is 245 Å². The van der Waals surface area contributed by atoms with Crippen LogP contribution in [-0.2, 0) is 33.3 Å². The first-order valence-corrected chi connectivity index (χ1v) is 30.7. The summed E-state index contributed by atoms with van der Waals surface area (Å²) in [6, 6.07) is 0. The van der Waals surface area contributed by atoms with Gasteiger partial charge < -0.3 is 33.3 Å². The van der Waals surface area contributed by atoms with Gasteiger partial charge in [0.05, 0.1) is 40.3 Å². The first-order valence-electron chi connectivity index (χ1n) is 30.7. The molecule has 0 aromatic carbocycles. The summed E-state index contributed by atoms with van der Waals surface area (Å²) in [6.45, 7) is 4.49. The summed E-state index contributed by atoms with van der Waals surface area (Å²) < 4.78 is 22.7. The van der Waals surface area contributed by atoms with Crippen molar-refractivity contribution in [1.82, 2.24) is 0 Å². The lowest BCUT2D eigenvalue weighted by Crippen LogP contribution is -2.44. The number of unbranched alkanes of at least 4 members (excludes halogenated alkanes) is 20. The van der Waals surface area contributed by atoms with E-state index < -0.39 is 24.3 Å². The number of allylic oxidation sites excluding steroid dienone is 20. The number of carboxylic acid groups (broad SMARTS) is 1. The summed E-state index contributed by atoms with van der Waals surface area (Å²) in [5.41, 5.74) is 0. The van der Waals surface area contributed by atoms with E-state index in [1.54, 1.807) is 0 Å². The smallest absolute Gasteiger partial charge is 0.306 e. The highest BCUT2D eigenvalue weighted by Crippen LogP contribution is 2.16. The Kier molecular flexibility index (Phi) is 54.6. The number of carbonyl (C=O) groups excluding carboxylic acids is 3. The molecule has 0 aromatic rings. The second-order valence-electron chi connectivity index (χ2n) is 21.2. The van der Waals surface area contributed by atoms with Crippen LogP contribution in [0.4, 0.5) is 0 Å². The van der Waals surface area contributed by atoms with Gasteiger partial charge in [0.1, 0.15) is 13.2 Å². The number of hydrogen-bond donors (Lipinski definition) is 0. The van der Waals surface area contributed by atoms with Crippen molar-refractivity contribution in [3.8, 4) is 0 Å². The van der Waals surface area contributed by atoms with Crippen LogP contribution >= 0.6 is 0 Å². The Bertz CT molecular complexity index is 1670. The van der Waals surface area contributed by atoms with E-state index in [2.05, 4.69) is 135 Å². The van der Waals surface area contributed by atoms with Gasteiger partial charge in [-0.15, -0.1) is 0 Å². The zero-order valence-electron chi connectivity index (χ0n) is 49.8.